The van der Waals surface area contributed by atoms with Crippen molar-refractivity contribution in [3.8, 4) is 28.8 Å². The fourth-order valence-corrected chi connectivity index (χ4v) is 5.84. The number of rotatable bonds is 5. The van der Waals surface area contributed by atoms with E-state index in [0.717, 1.165) is 37.3 Å². The van der Waals surface area contributed by atoms with E-state index in [1.54, 1.807) is 18.3 Å². The van der Waals surface area contributed by atoms with Crippen molar-refractivity contribution >= 4 is 17.2 Å². The normalized spacial score (nSPS) is 22.1. The van der Waals surface area contributed by atoms with Gasteiger partial charge in [0.05, 0.1) is 24.5 Å². The second kappa shape index (κ2) is 9.74. The number of para-hydroxylation sites is 1. The number of benzene rings is 1. The zero-order valence-electron chi connectivity index (χ0n) is 21.0. The molecule has 0 aliphatic carbocycles. The highest BCUT2D eigenvalue weighted by Crippen LogP contribution is 2.39. The highest BCUT2D eigenvalue weighted by molar-refractivity contribution is 5.74. The van der Waals surface area contributed by atoms with Gasteiger partial charge in [-0.15, -0.1) is 10.2 Å². The van der Waals surface area contributed by atoms with Crippen molar-refractivity contribution in [2.45, 2.75) is 30.6 Å². The number of nitrogens with zero attached hydrogens (tertiary/aromatic N) is 6. The molecule has 2 bridgehead atoms. The number of fused-ring (bicyclic) bond motifs is 2. The molecule has 2 atom stereocenters. The van der Waals surface area contributed by atoms with Gasteiger partial charge in [-0.25, -0.2) is 9.37 Å². The number of hydrogen-bond donors (Lipinski definition) is 3. The zero-order chi connectivity index (χ0) is 26.3. The number of phenolic OH excluding ortho intramolecular Hbond substituents is 1. The summed E-state index contributed by atoms with van der Waals surface area (Å²) in [5.74, 6) is 6.73. The molecule has 4 N–H and O–H groups in total. The van der Waals surface area contributed by atoms with Gasteiger partial charge in [0.2, 0.25) is 0 Å². The van der Waals surface area contributed by atoms with E-state index in [-0.39, 0.29) is 18.8 Å². The molecule has 9 nitrogen and oxygen atoms in total. The van der Waals surface area contributed by atoms with Crippen molar-refractivity contribution < 1.29 is 14.6 Å². The van der Waals surface area contributed by atoms with Gasteiger partial charge in [0.1, 0.15) is 11.4 Å². The van der Waals surface area contributed by atoms with Gasteiger partial charge in [-0.1, -0.05) is 18.1 Å². The second-order valence-electron chi connectivity index (χ2n) is 10.4. The third-order valence-electron chi connectivity index (χ3n) is 7.66. The van der Waals surface area contributed by atoms with Crippen LogP contribution in [0, 0.1) is 11.8 Å². The van der Waals surface area contributed by atoms with Crippen LogP contribution in [0.3, 0.4) is 0 Å². The van der Waals surface area contributed by atoms with E-state index in [4.69, 9.17) is 10.8 Å². The number of pyridine rings is 1. The lowest BCUT2D eigenvalue weighted by Crippen LogP contribution is -2.60. The van der Waals surface area contributed by atoms with Crippen molar-refractivity contribution in [2.75, 3.05) is 54.9 Å². The van der Waals surface area contributed by atoms with E-state index in [2.05, 4.69) is 36.8 Å². The Balaban J connectivity index is 1.16. The number of nitrogen functional groups attached to an aromatic ring is 1. The molecule has 6 rings (SSSR count). The second-order valence-corrected chi connectivity index (χ2v) is 10.4. The lowest BCUT2D eigenvalue weighted by molar-refractivity contribution is -0.0600. The quantitative estimate of drug-likeness (QED) is 0.439. The molecule has 3 aliphatic heterocycles. The number of nitrogens with two attached hydrogens (primary N) is 1. The summed E-state index contributed by atoms with van der Waals surface area (Å²) in [6, 6.07) is 13.7. The van der Waals surface area contributed by atoms with Crippen LogP contribution >= 0.6 is 0 Å². The topological polar surface area (TPSA) is 115 Å². The van der Waals surface area contributed by atoms with Crippen LogP contribution in [0.15, 0.2) is 48.7 Å². The SMILES string of the molecule is Nc1nnc(-c2ccccc2O)cc1N1CC2CCC(C1)N2c1ccnc(C#CCN2CC(F)(CO)C2)c1. The van der Waals surface area contributed by atoms with Gasteiger partial charge < -0.3 is 25.7 Å². The van der Waals surface area contributed by atoms with Gasteiger partial charge in [-0.3, -0.25) is 4.90 Å². The van der Waals surface area contributed by atoms with Crippen LogP contribution in [0.25, 0.3) is 11.3 Å². The molecule has 2 unspecified atom stereocenters. The smallest absolute Gasteiger partial charge is 0.169 e. The number of hydrogen-bond acceptors (Lipinski definition) is 9. The minimum atomic E-state index is -1.48. The number of phenols is 1. The number of alkyl halides is 1. The minimum Gasteiger partial charge on any atom is -0.507 e. The van der Waals surface area contributed by atoms with Crippen molar-refractivity contribution in [1.29, 1.82) is 0 Å². The maximum atomic E-state index is 13.9. The van der Waals surface area contributed by atoms with Gasteiger partial charge in [-0.05, 0) is 49.1 Å². The van der Waals surface area contributed by atoms with E-state index < -0.39 is 12.3 Å². The summed E-state index contributed by atoms with van der Waals surface area (Å²) in [6.07, 6.45) is 3.93. The zero-order valence-corrected chi connectivity index (χ0v) is 21.0. The first-order valence-corrected chi connectivity index (χ1v) is 12.8. The molecule has 1 aromatic carbocycles. The minimum absolute atomic E-state index is 0.157. The fraction of sp³-hybridized carbons (Fsp3) is 0.393. The van der Waals surface area contributed by atoms with Crippen LogP contribution in [0.2, 0.25) is 0 Å². The molecule has 38 heavy (non-hydrogen) atoms. The lowest BCUT2D eigenvalue weighted by atomic mass is 9.98. The molecule has 2 aromatic heterocycles. The van der Waals surface area contributed by atoms with Crippen LogP contribution in [-0.4, -0.2) is 87.4 Å². The first-order valence-electron chi connectivity index (χ1n) is 12.8. The summed E-state index contributed by atoms with van der Waals surface area (Å²) in [7, 11) is 0. The van der Waals surface area contributed by atoms with Crippen LogP contribution in [0.1, 0.15) is 18.5 Å². The predicted molar refractivity (Wildman–Crippen MR) is 144 cm³/mol. The van der Waals surface area contributed by atoms with Gasteiger partial charge in [0.25, 0.3) is 0 Å². The summed E-state index contributed by atoms with van der Waals surface area (Å²) >= 11 is 0. The molecule has 0 saturated carbocycles. The van der Waals surface area contributed by atoms with Gasteiger partial charge in [0, 0.05) is 55.7 Å². The number of piperazine rings is 1. The molecule has 3 aromatic rings. The third-order valence-corrected chi connectivity index (χ3v) is 7.66. The molecule has 3 aliphatic rings. The predicted octanol–water partition coefficient (Wildman–Crippen LogP) is 2.05. The van der Waals surface area contributed by atoms with E-state index in [1.807, 2.05) is 35.2 Å². The standard InChI is InChI=1S/C28H30FN7O2/c29-28(18-37)16-34(17-28)11-3-4-19-12-20(9-10-31-19)36-21-7-8-22(36)15-35(14-21)25-13-24(32-33-27(25)30)23-5-1-2-6-26(23)38/h1-2,5-6,9-10,12-13,21-22,37-38H,7-8,11,14-18H2,(H2,30,33). The first-order chi connectivity index (χ1) is 18.4. The highest BCUT2D eigenvalue weighted by Gasteiger charge is 2.42. The fourth-order valence-electron chi connectivity index (χ4n) is 5.84. The Morgan fingerprint density at radius 2 is 1.84 bits per heavy atom. The van der Waals surface area contributed by atoms with Gasteiger partial charge >= 0.3 is 0 Å². The Hall–Kier alpha value is -3.94. The number of aromatic nitrogens is 3. The molecule has 3 saturated heterocycles. The largest absolute Gasteiger partial charge is 0.507 e. The summed E-state index contributed by atoms with van der Waals surface area (Å²) in [6.45, 7) is 2.01. The monoisotopic (exact) mass is 515 g/mol. The summed E-state index contributed by atoms with van der Waals surface area (Å²) in [4.78, 5) is 11.0. The van der Waals surface area contributed by atoms with Crippen molar-refractivity contribution in [2.24, 2.45) is 0 Å². The number of likely N-dealkylation sites (tertiary alicyclic amines) is 1. The van der Waals surface area contributed by atoms with E-state index in [9.17, 15) is 9.50 Å². The van der Waals surface area contributed by atoms with Crippen LogP contribution in [0.5, 0.6) is 5.75 Å². The van der Waals surface area contributed by atoms with E-state index in [0.29, 0.717) is 41.4 Å². The molecular formula is C28H30FN7O2. The molecular weight excluding hydrogens is 485 g/mol. The van der Waals surface area contributed by atoms with Crippen LogP contribution in [0.4, 0.5) is 21.6 Å². The number of aliphatic hydroxyl groups is 1. The van der Waals surface area contributed by atoms with Crippen molar-refractivity contribution in [3.05, 3.63) is 54.4 Å². The Morgan fingerprint density at radius 1 is 1.08 bits per heavy atom. The number of aliphatic hydroxyl groups excluding tert-OH is 1. The van der Waals surface area contributed by atoms with Gasteiger partial charge in [-0.2, -0.15) is 0 Å². The Morgan fingerprint density at radius 3 is 2.58 bits per heavy atom. The Labute approximate surface area is 220 Å². The number of aromatic hydroxyl groups is 1. The molecule has 5 heterocycles. The van der Waals surface area contributed by atoms with Gasteiger partial charge in [0.15, 0.2) is 11.5 Å². The maximum absolute atomic E-state index is 13.9. The van der Waals surface area contributed by atoms with Crippen LogP contribution < -0.4 is 15.5 Å². The summed E-state index contributed by atoms with van der Waals surface area (Å²) in [5.41, 5.74) is 8.62. The third kappa shape index (κ3) is 4.59. The Kier molecular flexibility index (Phi) is 6.26. The average molecular weight is 516 g/mol. The lowest BCUT2D eigenvalue weighted by Gasteiger charge is -2.43. The van der Waals surface area contributed by atoms with Crippen molar-refractivity contribution in [1.82, 2.24) is 20.1 Å². The van der Waals surface area contributed by atoms with Crippen molar-refractivity contribution in [3.63, 3.8) is 0 Å². The molecule has 0 radical (unpaired) electrons. The summed E-state index contributed by atoms with van der Waals surface area (Å²) < 4.78 is 13.9. The summed E-state index contributed by atoms with van der Waals surface area (Å²) in [5, 5.41) is 27.8. The van der Waals surface area contributed by atoms with Crippen LogP contribution in [-0.2, 0) is 0 Å². The molecule has 0 amide bonds. The molecule has 0 spiro atoms. The Bertz CT molecular complexity index is 1390. The maximum Gasteiger partial charge on any atom is 0.169 e. The molecule has 3 fully saturated rings. The molecule has 10 heteroatoms. The molecule has 196 valence electrons. The first kappa shape index (κ1) is 24.4. The van der Waals surface area contributed by atoms with E-state index >= 15 is 0 Å². The highest BCUT2D eigenvalue weighted by atomic mass is 19.1. The number of halogens is 1. The van der Waals surface area contributed by atoms with E-state index in [1.165, 1.54) is 0 Å². The number of anilines is 3. The average Bonchev–Trinajstić information content (AvgIpc) is 3.17.